The van der Waals surface area contributed by atoms with Gasteiger partial charge < -0.3 is 14.2 Å². The highest BCUT2D eigenvalue weighted by molar-refractivity contribution is 7.51. The van der Waals surface area contributed by atoms with Gasteiger partial charge in [0.25, 0.3) is 0 Å². The Balaban J connectivity index is 2.83. The summed E-state index contributed by atoms with van der Waals surface area (Å²) in [5.41, 5.74) is 0.698. The van der Waals surface area contributed by atoms with E-state index in [1.807, 2.05) is 19.1 Å². The molecule has 0 saturated heterocycles. The predicted molar refractivity (Wildman–Crippen MR) is 62.8 cm³/mol. The average Bonchev–Trinajstić information content (AvgIpc) is 2.20. The topological polar surface area (TPSA) is 55.8 Å². The van der Waals surface area contributed by atoms with E-state index in [1.54, 1.807) is 19.1 Å². The quantitative estimate of drug-likeness (QED) is 0.782. The summed E-state index contributed by atoms with van der Waals surface area (Å²) >= 11 is 0. The number of hydrogen-bond donors (Lipinski definition) is 1. The summed E-state index contributed by atoms with van der Waals surface area (Å²) in [6, 6.07) is 7.19. The summed E-state index contributed by atoms with van der Waals surface area (Å²) in [6.07, 6.45) is -0.0169. The van der Waals surface area contributed by atoms with E-state index in [-0.39, 0.29) is 12.8 Å². The Kier molecular flexibility index (Phi) is 5.00. The molecular formula is C11H17O4P. The molecule has 0 aliphatic carbocycles. The van der Waals surface area contributed by atoms with E-state index < -0.39 is 7.60 Å². The molecule has 0 radical (unpaired) electrons. The second-order valence-corrected chi connectivity index (χ2v) is 5.10. The molecule has 1 aromatic rings. The molecule has 0 amide bonds. The molecule has 0 saturated carbocycles. The fraction of sp³-hybridized carbons (Fsp3) is 0.455. The first-order chi connectivity index (χ1) is 7.59. The third-order valence-electron chi connectivity index (χ3n) is 1.97. The first kappa shape index (κ1) is 13.2. The lowest BCUT2D eigenvalue weighted by atomic mass is 10.2. The monoisotopic (exact) mass is 244 g/mol. The molecule has 0 aliphatic rings. The number of para-hydroxylation sites is 1. The van der Waals surface area contributed by atoms with Crippen molar-refractivity contribution in [2.75, 3.05) is 13.2 Å². The Morgan fingerprint density at radius 1 is 1.25 bits per heavy atom. The van der Waals surface area contributed by atoms with Crippen LogP contribution < -0.4 is 4.74 Å². The number of ether oxygens (including phenoxy) is 1. The Morgan fingerprint density at radius 2 is 1.94 bits per heavy atom. The van der Waals surface area contributed by atoms with E-state index >= 15 is 0 Å². The van der Waals surface area contributed by atoms with Crippen LogP contribution in [0, 0.1) is 0 Å². The molecule has 0 heterocycles. The van der Waals surface area contributed by atoms with Gasteiger partial charge in [-0.25, -0.2) is 0 Å². The van der Waals surface area contributed by atoms with Gasteiger partial charge in [0.05, 0.1) is 19.4 Å². The maximum Gasteiger partial charge on any atom is 0.332 e. The molecule has 0 bridgehead atoms. The van der Waals surface area contributed by atoms with Gasteiger partial charge in [-0.3, -0.25) is 4.57 Å². The van der Waals surface area contributed by atoms with Crippen molar-refractivity contribution in [2.24, 2.45) is 0 Å². The summed E-state index contributed by atoms with van der Waals surface area (Å²) in [6.45, 7) is 4.32. The van der Waals surface area contributed by atoms with Crippen LogP contribution in [0.2, 0.25) is 0 Å². The zero-order valence-electron chi connectivity index (χ0n) is 9.55. The van der Waals surface area contributed by atoms with Crippen LogP contribution in [0.5, 0.6) is 5.75 Å². The van der Waals surface area contributed by atoms with E-state index in [1.165, 1.54) is 0 Å². The molecule has 1 aromatic carbocycles. The summed E-state index contributed by atoms with van der Waals surface area (Å²) in [5, 5.41) is 0. The van der Waals surface area contributed by atoms with E-state index in [0.29, 0.717) is 17.9 Å². The highest BCUT2D eigenvalue weighted by atomic mass is 31.2. The highest BCUT2D eigenvalue weighted by Gasteiger charge is 2.21. The summed E-state index contributed by atoms with van der Waals surface area (Å²) in [7, 11) is -3.55. The van der Waals surface area contributed by atoms with Crippen molar-refractivity contribution in [1.29, 1.82) is 0 Å². The van der Waals surface area contributed by atoms with Crippen molar-refractivity contribution in [3.05, 3.63) is 29.8 Å². The Bertz CT molecular complexity index is 378. The second-order valence-electron chi connectivity index (χ2n) is 3.25. The number of rotatable bonds is 6. The van der Waals surface area contributed by atoms with Crippen molar-refractivity contribution in [1.82, 2.24) is 0 Å². The summed E-state index contributed by atoms with van der Waals surface area (Å²) in [5.74, 6) is 0.638. The Hall–Kier alpha value is -0.830. The van der Waals surface area contributed by atoms with Crippen LogP contribution in [0.15, 0.2) is 24.3 Å². The lowest BCUT2D eigenvalue weighted by Crippen LogP contribution is -1.98. The van der Waals surface area contributed by atoms with Gasteiger partial charge in [0.1, 0.15) is 5.75 Å². The van der Waals surface area contributed by atoms with Crippen molar-refractivity contribution >= 4 is 7.60 Å². The average molecular weight is 244 g/mol. The van der Waals surface area contributed by atoms with Crippen LogP contribution in [0.1, 0.15) is 19.4 Å². The molecule has 1 N–H and O–H groups in total. The maximum absolute atomic E-state index is 11.6. The molecule has 1 atom stereocenters. The third-order valence-corrected chi connectivity index (χ3v) is 3.38. The normalized spacial score (nSPS) is 14.4. The molecule has 0 spiro atoms. The first-order valence-corrected chi connectivity index (χ1v) is 7.02. The van der Waals surface area contributed by atoms with Gasteiger partial charge in [0, 0.05) is 5.56 Å². The molecule has 4 nitrogen and oxygen atoms in total. The number of benzene rings is 1. The van der Waals surface area contributed by atoms with Crippen LogP contribution in [-0.4, -0.2) is 18.1 Å². The zero-order chi connectivity index (χ0) is 12.0. The molecule has 0 aliphatic heterocycles. The number of hydrogen-bond acceptors (Lipinski definition) is 3. The standard InChI is InChI=1S/C11H17O4P/c1-3-14-11-8-6-5-7-10(11)9-16(12,13)15-4-2/h5-8H,3-4,9H2,1-2H3,(H,12,13). The van der Waals surface area contributed by atoms with E-state index in [0.717, 1.165) is 0 Å². The zero-order valence-corrected chi connectivity index (χ0v) is 10.4. The molecule has 0 aromatic heterocycles. The van der Waals surface area contributed by atoms with Crippen LogP contribution >= 0.6 is 7.60 Å². The van der Waals surface area contributed by atoms with Crippen molar-refractivity contribution < 1.29 is 18.7 Å². The fourth-order valence-electron chi connectivity index (χ4n) is 1.39. The Labute approximate surface area is 95.7 Å². The van der Waals surface area contributed by atoms with E-state index in [4.69, 9.17) is 9.26 Å². The van der Waals surface area contributed by atoms with Crippen LogP contribution in [0.4, 0.5) is 0 Å². The van der Waals surface area contributed by atoms with Gasteiger partial charge in [0.15, 0.2) is 0 Å². The van der Waals surface area contributed by atoms with Gasteiger partial charge >= 0.3 is 7.60 Å². The molecule has 5 heteroatoms. The predicted octanol–water partition coefficient (Wildman–Crippen LogP) is 2.81. The molecular weight excluding hydrogens is 227 g/mol. The molecule has 90 valence electrons. The molecule has 1 unspecified atom stereocenters. The first-order valence-electron chi connectivity index (χ1n) is 5.26. The molecule has 16 heavy (non-hydrogen) atoms. The van der Waals surface area contributed by atoms with Crippen LogP contribution in [-0.2, 0) is 15.3 Å². The van der Waals surface area contributed by atoms with E-state index in [9.17, 15) is 9.46 Å². The van der Waals surface area contributed by atoms with Gasteiger partial charge in [0.2, 0.25) is 0 Å². The Morgan fingerprint density at radius 3 is 2.56 bits per heavy atom. The second kappa shape index (κ2) is 6.04. The molecule has 0 fully saturated rings. The van der Waals surface area contributed by atoms with Gasteiger partial charge in [-0.15, -0.1) is 0 Å². The SMILES string of the molecule is CCOc1ccccc1CP(=O)(O)OCC. The minimum atomic E-state index is -3.55. The lowest BCUT2D eigenvalue weighted by Gasteiger charge is -2.13. The third kappa shape index (κ3) is 3.97. The summed E-state index contributed by atoms with van der Waals surface area (Å²) in [4.78, 5) is 9.54. The fourth-order valence-corrected chi connectivity index (χ4v) is 2.58. The largest absolute Gasteiger partial charge is 0.494 e. The van der Waals surface area contributed by atoms with Gasteiger partial charge in [-0.1, -0.05) is 18.2 Å². The molecule has 1 rings (SSSR count). The minimum absolute atomic E-state index is 0.0169. The van der Waals surface area contributed by atoms with Crippen molar-refractivity contribution in [3.8, 4) is 5.75 Å². The van der Waals surface area contributed by atoms with Crippen LogP contribution in [0.25, 0.3) is 0 Å². The van der Waals surface area contributed by atoms with Gasteiger partial charge in [-0.2, -0.15) is 0 Å². The minimum Gasteiger partial charge on any atom is -0.494 e. The van der Waals surface area contributed by atoms with Crippen molar-refractivity contribution in [2.45, 2.75) is 20.0 Å². The lowest BCUT2D eigenvalue weighted by molar-refractivity contribution is 0.271. The van der Waals surface area contributed by atoms with Gasteiger partial charge in [-0.05, 0) is 19.9 Å². The van der Waals surface area contributed by atoms with Crippen molar-refractivity contribution in [3.63, 3.8) is 0 Å². The maximum atomic E-state index is 11.6. The smallest absolute Gasteiger partial charge is 0.332 e. The summed E-state index contributed by atoms with van der Waals surface area (Å²) < 4.78 is 21.8. The highest BCUT2D eigenvalue weighted by Crippen LogP contribution is 2.47. The van der Waals surface area contributed by atoms with Crippen LogP contribution in [0.3, 0.4) is 0 Å². The van der Waals surface area contributed by atoms with E-state index in [2.05, 4.69) is 0 Å².